The van der Waals surface area contributed by atoms with Gasteiger partial charge in [-0.15, -0.1) is 0 Å². The van der Waals surface area contributed by atoms with E-state index in [9.17, 15) is 9.59 Å². The molecule has 1 aromatic carbocycles. The second-order valence-corrected chi connectivity index (χ2v) is 5.93. The fourth-order valence-corrected chi connectivity index (χ4v) is 2.21. The third kappa shape index (κ3) is 4.74. The maximum atomic E-state index is 11.7. The number of halogens is 2. The van der Waals surface area contributed by atoms with Crippen LogP contribution in [0.3, 0.4) is 0 Å². The molecule has 0 saturated carbocycles. The first-order valence-electron chi connectivity index (χ1n) is 6.61. The quantitative estimate of drug-likeness (QED) is 0.771. The van der Waals surface area contributed by atoms with Crippen molar-refractivity contribution in [2.45, 2.75) is 13.8 Å². The lowest BCUT2D eigenvalue weighted by Crippen LogP contribution is -2.43. The summed E-state index contributed by atoms with van der Waals surface area (Å²) in [6.45, 7) is 3.45. The van der Waals surface area contributed by atoms with Gasteiger partial charge in [0.05, 0.1) is 0 Å². The first-order chi connectivity index (χ1) is 10.9. The number of ether oxygens (including phenoxy) is 1. The molecule has 1 aromatic heterocycles. The summed E-state index contributed by atoms with van der Waals surface area (Å²) in [4.78, 5) is 23.3. The highest BCUT2D eigenvalue weighted by Gasteiger charge is 2.12. The molecule has 0 unspecified atom stereocenters. The molecule has 0 aliphatic rings. The summed E-state index contributed by atoms with van der Waals surface area (Å²) in [6, 6.07) is 6.52. The molecule has 2 amide bonds. The van der Waals surface area contributed by atoms with Crippen molar-refractivity contribution in [1.82, 2.24) is 10.9 Å². The highest BCUT2D eigenvalue weighted by Crippen LogP contribution is 2.25. The van der Waals surface area contributed by atoms with E-state index in [2.05, 4.69) is 26.8 Å². The van der Waals surface area contributed by atoms with E-state index in [1.807, 2.05) is 13.8 Å². The Morgan fingerprint density at radius 2 is 1.87 bits per heavy atom. The molecule has 8 heteroatoms. The topological polar surface area (TPSA) is 80.6 Å². The van der Waals surface area contributed by atoms with Crippen LogP contribution in [0.1, 0.15) is 21.7 Å². The molecule has 0 bridgehead atoms. The van der Waals surface area contributed by atoms with Crippen LogP contribution in [0.5, 0.6) is 5.75 Å². The average molecular weight is 402 g/mol. The van der Waals surface area contributed by atoms with Gasteiger partial charge in [0.25, 0.3) is 5.91 Å². The van der Waals surface area contributed by atoms with Crippen molar-refractivity contribution in [3.63, 3.8) is 0 Å². The number of benzene rings is 1. The van der Waals surface area contributed by atoms with Crippen molar-refractivity contribution in [3.05, 3.63) is 50.8 Å². The van der Waals surface area contributed by atoms with Gasteiger partial charge in [-0.2, -0.15) is 0 Å². The number of carbonyl (C=O) groups is 2. The summed E-state index contributed by atoms with van der Waals surface area (Å²) in [5, 5.41) is 0.665. The fourth-order valence-electron chi connectivity index (χ4n) is 1.80. The Morgan fingerprint density at radius 1 is 1.22 bits per heavy atom. The Labute approximate surface area is 146 Å². The Bertz CT molecular complexity index is 722. The lowest BCUT2D eigenvalue weighted by atomic mass is 10.1. The van der Waals surface area contributed by atoms with Crippen LogP contribution in [0.4, 0.5) is 0 Å². The maximum Gasteiger partial charge on any atom is 0.305 e. The molecule has 1 heterocycles. The first kappa shape index (κ1) is 17.4. The van der Waals surface area contributed by atoms with E-state index >= 15 is 0 Å². The lowest BCUT2D eigenvalue weighted by Gasteiger charge is -2.10. The number of amides is 2. The van der Waals surface area contributed by atoms with Crippen LogP contribution in [-0.2, 0) is 4.79 Å². The molecular formula is C15H14BrClN2O4. The van der Waals surface area contributed by atoms with Gasteiger partial charge in [-0.25, -0.2) is 0 Å². The van der Waals surface area contributed by atoms with Crippen LogP contribution in [0, 0.1) is 13.8 Å². The summed E-state index contributed by atoms with van der Waals surface area (Å²) >= 11 is 9.15. The molecule has 0 atom stereocenters. The van der Waals surface area contributed by atoms with Gasteiger partial charge in [-0.1, -0.05) is 11.6 Å². The van der Waals surface area contributed by atoms with Crippen molar-refractivity contribution in [1.29, 1.82) is 0 Å². The minimum absolute atomic E-state index is 0.0713. The molecule has 6 nitrogen and oxygen atoms in total. The Balaban J connectivity index is 1.82. The van der Waals surface area contributed by atoms with Gasteiger partial charge in [0.2, 0.25) is 0 Å². The van der Waals surface area contributed by atoms with Crippen molar-refractivity contribution < 1.29 is 18.7 Å². The highest BCUT2D eigenvalue weighted by atomic mass is 79.9. The van der Waals surface area contributed by atoms with Crippen LogP contribution in [0.25, 0.3) is 0 Å². The normalized spacial score (nSPS) is 10.3. The number of carbonyl (C=O) groups excluding carboxylic acids is 2. The Morgan fingerprint density at radius 3 is 2.43 bits per heavy atom. The van der Waals surface area contributed by atoms with Gasteiger partial charge in [-0.05, 0) is 65.2 Å². The van der Waals surface area contributed by atoms with E-state index in [0.717, 1.165) is 11.1 Å². The molecule has 2 rings (SSSR count). The molecule has 0 saturated heterocycles. The van der Waals surface area contributed by atoms with Crippen LogP contribution < -0.4 is 15.6 Å². The second kappa shape index (κ2) is 7.52. The number of rotatable bonds is 4. The van der Waals surface area contributed by atoms with E-state index in [1.165, 1.54) is 6.07 Å². The van der Waals surface area contributed by atoms with Crippen LogP contribution in [-0.4, -0.2) is 18.4 Å². The van der Waals surface area contributed by atoms with Crippen LogP contribution in [0.2, 0.25) is 5.02 Å². The molecule has 2 aromatic rings. The zero-order chi connectivity index (χ0) is 17.0. The van der Waals surface area contributed by atoms with Crippen LogP contribution in [0.15, 0.2) is 33.4 Å². The summed E-state index contributed by atoms with van der Waals surface area (Å²) < 4.78 is 10.8. The molecule has 0 spiro atoms. The Hall–Kier alpha value is -1.99. The largest absolute Gasteiger partial charge is 0.484 e. The standard InChI is InChI=1S/C15H14BrClN2O4/c1-8-5-10(6-9(2)14(8)17)22-7-13(20)18-19-15(21)11-3-4-12(16)23-11/h3-6H,7H2,1-2H3,(H,18,20)(H,19,21). The zero-order valence-corrected chi connectivity index (χ0v) is 14.7. The molecule has 0 radical (unpaired) electrons. The maximum absolute atomic E-state index is 11.7. The summed E-state index contributed by atoms with van der Waals surface area (Å²) in [5.41, 5.74) is 6.18. The number of nitrogens with one attached hydrogen (secondary N) is 2. The Kier molecular flexibility index (Phi) is 5.68. The van der Waals surface area contributed by atoms with E-state index in [1.54, 1.807) is 18.2 Å². The zero-order valence-electron chi connectivity index (χ0n) is 12.4. The summed E-state index contributed by atoms with van der Waals surface area (Å²) in [5.74, 6) is -0.473. The smallest absolute Gasteiger partial charge is 0.305 e. The highest BCUT2D eigenvalue weighted by molar-refractivity contribution is 9.10. The van der Waals surface area contributed by atoms with Gasteiger partial charge in [0.1, 0.15) is 5.75 Å². The van der Waals surface area contributed by atoms with Gasteiger partial charge in [0.15, 0.2) is 17.0 Å². The number of hydrogen-bond acceptors (Lipinski definition) is 4. The second-order valence-electron chi connectivity index (χ2n) is 4.77. The molecule has 0 aliphatic carbocycles. The lowest BCUT2D eigenvalue weighted by molar-refractivity contribution is -0.123. The van der Waals surface area contributed by atoms with Gasteiger partial charge >= 0.3 is 5.91 Å². The minimum atomic E-state index is -0.567. The van der Waals surface area contributed by atoms with Crippen molar-refractivity contribution >= 4 is 39.3 Å². The molecule has 23 heavy (non-hydrogen) atoms. The predicted octanol–water partition coefficient (Wildman–Crippen LogP) is 3.15. The fraction of sp³-hybridized carbons (Fsp3) is 0.200. The number of aryl methyl sites for hydroxylation is 2. The van der Waals surface area contributed by atoms with Gasteiger partial charge < -0.3 is 9.15 Å². The number of hydrogen-bond donors (Lipinski definition) is 2. The summed E-state index contributed by atoms with van der Waals surface area (Å²) in [7, 11) is 0. The first-order valence-corrected chi connectivity index (χ1v) is 7.78. The van der Waals surface area contributed by atoms with Crippen molar-refractivity contribution in [3.8, 4) is 5.75 Å². The third-order valence-electron chi connectivity index (χ3n) is 2.89. The SMILES string of the molecule is Cc1cc(OCC(=O)NNC(=O)c2ccc(Br)o2)cc(C)c1Cl. The molecule has 122 valence electrons. The predicted molar refractivity (Wildman–Crippen MR) is 88.4 cm³/mol. The van der Waals surface area contributed by atoms with E-state index in [0.29, 0.717) is 15.4 Å². The minimum Gasteiger partial charge on any atom is -0.484 e. The molecular weight excluding hydrogens is 388 g/mol. The molecule has 2 N–H and O–H groups in total. The molecule has 0 fully saturated rings. The van der Waals surface area contributed by atoms with Gasteiger partial charge in [0, 0.05) is 5.02 Å². The van der Waals surface area contributed by atoms with E-state index < -0.39 is 11.8 Å². The monoisotopic (exact) mass is 400 g/mol. The van der Waals surface area contributed by atoms with Gasteiger partial charge in [-0.3, -0.25) is 20.4 Å². The average Bonchev–Trinajstić information content (AvgIpc) is 2.94. The van der Waals surface area contributed by atoms with Crippen molar-refractivity contribution in [2.24, 2.45) is 0 Å². The van der Waals surface area contributed by atoms with Crippen LogP contribution >= 0.6 is 27.5 Å². The summed E-state index contributed by atoms with van der Waals surface area (Å²) in [6.07, 6.45) is 0. The third-order valence-corrected chi connectivity index (χ3v) is 3.91. The van der Waals surface area contributed by atoms with Crippen molar-refractivity contribution in [2.75, 3.05) is 6.61 Å². The van der Waals surface area contributed by atoms with E-state index in [4.69, 9.17) is 20.8 Å². The molecule has 0 aliphatic heterocycles. The van der Waals surface area contributed by atoms with E-state index in [-0.39, 0.29) is 12.4 Å². The number of hydrazine groups is 1. The number of furan rings is 1.